The zero-order valence-corrected chi connectivity index (χ0v) is 18.0. The van der Waals surface area contributed by atoms with Crippen LogP contribution < -0.4 is 14.2 Å². The molecule has 3 aromatic heterocycles. The standard InChI is InChI=1S/C20H20N6O4S/c1-12-7-13(9-21-8-12)19-25-18-20(24-14(10-22-18)11-23-31(27)28)26(19)17-15(29-2)5-4-6-16(17)30-3/h4-10,31H,11H2,1-3H3,(H,23,27,28). The molecular weight excluding hydrogens is 420 g/mol. The monoisotopic (exact) mass is 440 g/mol. The van der Waals surface area contributed by atoms with Gasteiger partial charge in [0.15, 0.2) is 17.1 Å². The highest BCUT2D eigenvalue weighted by atomic mass is 32.2. The van der Waals surface area contributed by atoms with Gasteiger partial charge in [-0.3, -0.25) is 9.55 Å². The van der Waals surface area contributed by atoms with Gasteiger partial charge in [0.2, 0.25) is 10.9 Å². The molecule has 10 nitrogen and oxygen atoms in total. The number of hydrogen-bond donors (Lipinski definition) is 2. The topological polar surface area (TPSA) is 121 Å². The van der Waals surface area contributed by atoms with Gasteiger partial charge in [-0.25, -0.2) is 28.1 Å². The molecular formula is C20H20N6O4S. The number of methoxy groups -OCH3 is 2. The average Bonchev–Trinajstić information content (AvgIpc) is 3.15. The fourth-order valence-corrected chi connectivity index (χ4v) is 3.54. The fraction of sp³-hybridized carbons (Fsp3) is 0.200. The van der Waals surface area contributed by atoms with Gasteiger partial charge in [-0.2, -0.15) is 0 Å². The van der Waals surface area contributed by atoms with Crippen molar-refractivity contribution in [3.63, 3.8) is 0 Å². The van der Waals surface area contributed by atoms with E-state index in [0.717, 1.165) is 11.1 Å². The number of nitrogens with one attached hydrogen (secondary N) is 1. The van der Waals surface area contributed by atoms with Crippen molar-refractivity contribution in [2.24, 2.45) is 0 Å². The van der Waals surface area contributed by atoms with Crippen LogP contribution in [0.4, 0.5) is 0 Å². The summed E-state index contributed by atoms with van der Waals surface area (Å²) in [4.78, 5) is 18.0. The van der Waals surface area contributed by atoms with E-state index in [2.05, 4.69) is 24.7 Å². The van der Waals surface area contributed by atoms with Crippen molar-refractivity contribution in [3.8, 4) is 28.6 Å². The predicted molar refractivity (Wildman–Crippen MR) is 115 cm³/mol. The summed E-state index contributed by atoms with van der Waals surface area (Å²) in [6.45, 7) is 1.95. The number of pyridine rings is 1. The van der Waals surface area contributed by atoms with Crippen molar-refractivity contribution >= 4 is 22.2 Å². The third-order valence-electron chi connectivity index (χ3n) is 4.57. The molecule has 0 aliphatic carbocycles. The molecule has 0 saturated carbocycles. The van der Waals surface area contributed by atoms with Crippen molar-refractivity contribution in [1.82, 2.24) is 29.2 Å². The highest BCUT2D eigenvalue weighted by Crippen LogP contribution is 2.37. The van der Waals surface area contributed by atoms with Crippen molar-refractivity contribution in [2.75, 3.05) is 14.2 Å². The molecule has 0 spiro atoms. The summed E-state index contributed by atoms with van der Waals surface area (Å²) in [6, 6.07) is 7.39. The molecule has 0 aliphatic heterocycles. The van der Waals surface area contributed by atoms with Crippen LogP contribution in [0.5, 0.6) is 11.5 Å². The Labute approximate surface area is 180 Å². The molecule has 1 N–H and O–H groups in total. The van der Waals surface area contributed by atoms with Crippen LogP contribution in [0.15, 0.2) is 42.9 Å². The summed E-state index contributed by atoms with van der Waals surface area (Å²) in [5.41, 5.74) is 3.58. The van der Waals surface area contributed by atoms with E-state index < -0.39 is 10.9 Å². The van der Waals surface area contributed by atoms with Gasteiger partial charge in [0.1, 0.15) is 17.2 Å². The lowest BCUT2D eigenvalue weighted by molar-refractivity contribution is 0.391. The molecule has 4 aromatic rings. The number of fused-ring (bicyclic) bond motifs is 1. The largest absolute Gasteiger partial charge is 0.494 e. The first-order valence-corrected chi connectivity index (χ1v) is 10.4. The number of nitrogens with zero attached hydrogens (tertiary/aromatic N) is 5. The lowest BCUT2D eigenvalue weighted by Gasteiger charge is -2.16. The zero-order chi connectivity index (χ0) is 22.0. The lowest BCUT2D eigenvalue weighted by atomic mass is 10.2. The van der Waals surface area contributed by atoms with Crippen LogP contribution in [-0.4, -0.2) is 47.1 Å². The van der Waals surface area contributed by atoms with Crippen molar-refractivity contribution in [1.29, 1.82) is 0 Å². The summed E-state index contributed by atoms with van der Waals surface area (Å²) in [5.74, 6) is 1.65. The Balaban J connectivity index is 2.05. The van der Waals surface area contributed by atoms with Gasteiger partial charge in [-0.05, 0) is 30.7 Å². The summed E-state index contributed by atoms with van der Waals surface area (Å²) < 4.78 is 37.2. The lowest BCUT2D eigenvalue weighted by Crippen LogP contribution is -2.12. The molecule has 0 unspecified atom stereocenters. The molecule has 4 rings (SSSR count). The fourth-order valence-electron chi connectivity index (χ4n) is 3.25. The van der Waals surface area contributed by atoms with Gasteiger partial charge >= 0.3 is 0 Å². The average molecular weight is 440 g/mol. The first kappa shape index (κ1) is 20.7. The number of ether oxygens (including phenoxy) is 2. The Morgan fingerprint density at radius 3 is 2.45 bits per heavy atom. The number of hydrogen-bond acceptors (Lipinski definition) is 8. The van der Waals surface area contributed by atoms with E-state index in [-0.39, 0.29) is 6.54 Å². The normalized spacial score (nSPS) is 11.2. The molecule has 0 atom stereocenters. The van der Waals surface area contributed by atoms with Crippen molar-refractivity contribution in [2.45, 2.75) is 13.5 Å². The maximum absolute atomic E-state index is 10.9. The summed E-state index contributed by atoms with van der Waals surface area (Å²) >= 11 is 0. The number of aryl methyl sites for hydroxylation is 1. The van der Waals surface area contributed by atoms with E-state index in [9.17, 15) is 8.42 Å². The molecule has 160 valence electrons. The van der Waals surface area contributed by atoms with E-state index in [4.69, 9.17) is 9.47 Å². The Morgan fingerprint density at radius 2 is 1.81 bits per heavy atom. The maximum atomic E-state index is 10.9. The molecule has 1 aromatic carbocycles. The van der Waals surface area contributed by atoms with E-state index in [1.165, 1.54) is 6.20 Å². The molecule has 11 heteroatoms. The molecule has 0 radical (unpaired) electrons. The van der Waals surface area contributed by atoms with E-state index in [1.54, 1.807) is 31.2 Å². The Kier molecular flexibility index (Phi) is 5.78. The number of thiol groups is 1. The minimum atomic E-state index is -2.76. The molecule has 3 heterocycles. The van der Waals surface area contributed by atoms with Crippen LogP contribution >= 0.6 is 0 Å². The van der Waals surface area contributed by atoms with Gasteiger partial charge in [0.25, 0.3) is 0 Å². The van der Waals surface area contributed by atoms with Crippen molar-refractivity contribution in [3.05, 3.63) is 54.1 Å². The molecule has 0 amide bonds. The second-order valence-electron chi connectivity index (χ2n) is 6.63. The van der Waals surface area contributed by atoms with E-state index in [0.29, 0.717) is 40.0 Å². The van der Waals surface area contributed by atoms with E-state index in [1.807, 2.05) is 31.2 Å². The molecule has 0 aliphatic rings. The first-order chi connectivity index (χ1) is 15.0. The van der Waals surface area contributed by atoms with Gasteiger partial charge in [-0.1, -0.05) is 6.07 Å². The Bertz CT molecular complexity index is 1300. The number of aromatic nitrogens is 5. The van der Waals surface area contributed by atoms with Gasteiger partial charge in [0, 0.05) is 18.0 Å². The first-order valence-electron chi connectivity index (χ1n) is 9.27. The van der Waals surface area contributed by atoms with Crippen LogP contribution in [0.3, 0.4) is 0 Å². The summed E-state index contributed by atoms with van der Waals surface area (Å²) in [6.07, 6.45) is 4.95. The highest BCUT2D eigenvalue weighted by molar-refractivity contribution is 7.70. The maximum Gasteiger partial charge on any atom is 0.201 e. The molecule has 0 saturated heterocycles. The number of benzene rings is 1. The SMILES string of the molecule is COc1cccc(OC)c1-n1c(-c2cncc(C)c2)nc2ncc(CN[SH](=O)=O)nc21. The Hall–Kier alpha value is -3.57. The summed E-state index contributed by atoms with van der Waals surface area (Å²) in [5, 5.41) is 0. The smallest absolute Gasteiger partial charge is 0.201 e. The summed E-state index contributed by atoms with van der Waals surface area (Å²) in [7, 11) is 0.376. The van der Waals surface area contributed by atoms with Crippen LogP contribution in [0.1, 0.15) is 11.3 Å². The van der Waals surface area contributed by atoms with Crippen LogP contribution in [-0.2, 0) is 17.4 Å². The number of para-hydroxylation sites is 1. The molecule has 0 bridgehead atoms. The van der Waals surface area contributed by atoms with E-state index >= 15 is 0 Å². The van der Waals surface area contributed by atoms with Gasteiger partial charge in [0.05, 0.1) is 32.7 Å². The number of rotatable bonds is 7. The Morgan fingerprint density at radius 1 is 1.06 bits per heavy atom. The van der Waals surface area contributed by atoms with Crippen LogP contribution in [0, 0.1) is 6.92 Å². The quantitative estimate of drug-likeness (QED) is 0.418. The third kappa shape index (κ3) is 4.05. The van der Waals surface area contributed by atoms with Crippen LogP contribution in [0.25, 0.3) is 28.4 Å². The second kappa shape index (κ2) is 8.66. The predicted octanol–water partition coefficient (Wildman–Crippen LogP) is 1.82. The minimum absolute atomic E-state index is 0.0111. The van der Waals surface area contributed by atoms with Crippen molar-refractivity contribution < 1.29 is 17.9 Å². The third-order valence-corrected chi connectivity index (χ3v) is 4.98. The highest BCUT2D eigenvalue weighted by Gasteiger charge is 2.23. The molecule has 31 heavy (non-hydrogen) atoms. The molecule has 0 fully saturated rings. The minimum Gasteiger partial charge on any atom is -0.494 e. The number of imidazole rings is 1. The second-order valence-corrected chi connectivity index (χ2v) is 7.46. The van der Waals surface area contributed by atoms with Gasteiger partial charge in [-0.15, -0.1) is 0 Å². The van der Waals surface area contributed by atoms with Crippen LogP contribution in [0.2, 0.25) is 0 Å². The van der Waals surface area contributed by atoms with Gasteiger partial charge < -0.3 is 9.47 Å². The zero-order valence-electron chi connectivity index (χ0n) is 17.1.